The Labute approximate surface area is 228 Å². The summed E-state index contributed by atoms with van der Waals surface area (Å²) in [6.45, 7) is 0. The van der Waals surface area contributed by atoms with Gasteiger partial charge in [-0.15, -0.1) is 0 Å². The normalized spacial score (nSPS) is 12.2. The summed E-state index contributed by atoms with van der Waals surface area (Å²) in [6, 6.07) is 44.2. The summed E-state index contributed by atoms with van der Waals surface area (Å²) in [4.78, 5) is 0. The second kappa shape index (κ2) is 13.4. The van der Waals surface area contributed by atoms with Gasteiger partial charge in [-0.1, -0.05) is 0 Å². The first-order valence-electron chi connectivity index (χ1n) is 11.2. The molecule has 186 valence electrons. The van der Waals surface area contributed by atoms with Crippen LogP contribution in [0.5, 0.6) is 0 Å². The summed E-state index contributed by atoms with van der Waals surface area (Å²) >= 11 is -0.672. The van der Waals surface area contributed by atoms with Gasteiger partial charge < -0.3 is 0 Å². The van der Waals surface area contributed by atoms with E-state index in [-0.39, 0.29) is 35.3 Å². The van der Waals surface area contributed by atoms with Gasteiger partial charge in [-0.25, -0.2) is 0 Å². The molecule has 0 radical (unpaired) electrons. The van der Waals surface area contributed by atoms with Gasteiger partial charge >= 0.3 is 231 Å². The molecule has 0 aliphatic rings. The van der Waals surface area contributed by atoms with Crippen LogP contribution in [0.1, 0.15) is 12.8 Å². The van der Waals surface area contributed by atoms with E-state index < -0.39 is 9.38 Å². The average molecular weight is 891 g/mol. The Bertz CT molecular complexity index is 1090. The van der Waals surface area contributed by atoms with E-state index in [1.54, 1.807) is 0 Å². The topological polar surface area (TPSA) is 0 Å². The minimum atomic E-state index is -1.57. The van der Waals surface area contributed by atoms with Crippen LogP contribution in [0.15, 0.2) is 121 Å². The molecule has 4 aromatic carbocycles. The maximum absolute atomic E-state index is 6.92. The molecule has 0 nitrogen and oxygen atoms in total. The molecule has 4 rings (SSSR count). The van der Waals surface area contributed by atoms with Gasteiger partial charge in [-0.2, -0.15) is 0 Å². The van der Waals surface area contributed by atoms with Gasteiger partial charge in [0.2, 0.25) is 0 Å². The van der Waals surface area contributed by atoms with Crippen LogP contribution in [0.3, 0.4) is 0 Å². The molecule has 0 heterocycles. The standard InChI is InChI=1S/C28H28P2.2Au.2ClH/c1-5-15-25(16-6-1)29(26-17-7-2-8-18-26)23-13-14-24-30(27-19-9-3-10-20-27)28-21-11-4-12-22-28;;;;/h1-12,15-22H,13-14,23-24H2;;;2*1H/q;2*+1;;/p-2. The molecule has 0 bridgehead atoms. The van der Waals surface area contributed by atoms with Crippen LogP contribution >= 0.6 is 27.8 Å². The molecule has 0 aliphatic carbocycles. The monoisotopic (exact) mass is 890 g/mol. The average Bonchev–Trinajstić information content (AvgIpc) is 2.93. The van der Waals surface area contributed by atoms with Crippen LogP contribution in [0, 0.1) is 0 Å². The number of benzene rings is 4. The molecule has 0 atom stereocenters. The van der Waals surface area contributed by atoms with Crippen molar-refractivity contribution >= 4 is 49.0 Å². The first-order valence-corrected chi connectivity index (χ1v) is 25.9. The molecule has 0 saturated heterocycles. The number of rotatable bonds is 9. The van der Waals surface area contributed by atoms with Crippen molar-refractivity contribution in [1.82, 2.24) is 0 Å². The molecule has 0 saturated carbocycles. The second-order valence-electron chi connectivity index (χ2n) is 7.91. The van der Waals surface area contributed by atoms with Crippen molar-refractivity contribution in [3.8, 4) is 0 Å². The quantitative estimate of drug-likeness (QED) is 0.0935. The van der Waals surface area contributed by atoms with E-state index in [1.807, 2.05) is 0 Å². The molecule has 0 unspecified atom stereocenters. The van der Waals surface area contributed by atoms with E-state index in [2.05, 4.69) is 121 Å². The third-order valence-corrected chi connectivity index (χ3v) is 34.3. The predicted octanol–water partition coefficient (Wildman–Crippen LogP) is 7.41. The fourth-order valence-electron chi connectivity index (χ4n) is 4.23. The molecule has 0 fully saturated rings. The van der Waals surface area contributed by atoms with Crippen molar-refractivity contribution in [2.24, 2.45) is 0 Å². The van der Waals surface area contributed by atoms with Crippen LogP contribution in [0.2, 0.25) is 0 Å². The van der Waals surface area contributed by atoms with Crippen LogP contribution in [-0.2, 0) is 35.3 Å². The Balaban J connectivity index is 1.63. The number of halogens is 2. The Morgan fingerprint density at radius 2 is 0.647 bits per heavy atom. The van der Waals surface area contributed by atoms with E-state index in [4.69, 9.17) is 18.4 Å². The second-order valence-corrected chi connectivity index (χ2v) is 30.8. The molecule has 0 aromatic heterocycles. The SMILES string of the molecule is [Cl][Au]=[P](CCCC[P](=[Au][Cl])(c1ccccc1)c1ccccc1)(c1ccccc1)c1ccccc1. The zero-order valence-corrected chi connectivity index (χ0v) is 26.3. The summed E-state index contributed by atoms with van der Waals surface area (Å²) in [7, 11) is 13.8. The van der Waals surface area contributed by atoms with Gasteiger partial charge in [0.05, 0.1) is 0 Å². The molecule has 34 heavy (non-hydrogen) atoms. The molecule has 0 aliphatic heterocycles. The Morgan fingerprint density at radius 1 is 0.412 bits per heavy atom. The summed E-state index contributed by atoms with van der Waals surface area (Å²) in [6.07, 6.45) is 4.71. The summed E-state index contributed by atoms with van der Waals surface area (Å²) in [5.41, 5.74) is 0. The van der Waals surface area contributed by atoms with E-state index in [9.17, 15) is 0 Å². The van der Waals surface area contributed by atoms with Gasteiger partial charge in [0.25, 0.3) is 0 Å². The third kappa shape index (κ3) is 6.02. The van der Waals surface area contributed by atoms with Crippen LogP contribution in [0.4, 0.5) is 0 Å². The molecule has 0 N–H and O–H groups in total. The summed E-state index contributed by atoms with van der Waals surface area (Å²) in [5, 5.41) is 5.81. The van der Waals surface area contributed by atoms with Gasteiger partial charge in [0.1, 0.15) is 0 Å². The van der Waals surface area contributed by atoms with Crippen molar-refractivity contribution in [2.45, 2.75) is 12.8 Å². The predicted molar refractivity (Wildman–Crippen MR) is 149 cm³/mol. The first-order chi connectivity index (χ1) is 16.7. The van der Waals surface area contributed by atoms with Crippen molar-refractivity contribution < 1.29 is 35.3 Å². The number of hydrogen-bond acceptors (Lipinski definition) is 0. The number of unbranched alkanes of at least 4 members (excludes halogenated alkanes) is 1. The van der Waals surface area contributed by atoms with Crippen molar-refractivity contribution in [3.63, 3.8) is 0 Å². The Hall–Kier alpha value is -0.199. The molecular formula is C28H28Au2Cl2P2. The van der Waals surface area contributed by atoms with E-state index >= 15 is 0 Å². The van der Waals surface area contributed by atoms with E-state index in [0.717, 1.165) is 0 Å². The van der Waals surface area contributed by atoms with Gasteiger partial charge in [-0.3, -0.25) is 0 Å². The number of hydrogen-bond donors (Lipinski definition) is 0. The minimum absolute atomic E-state index is 0.336. The first kappa shape index (κ1) is 26.9. The maximum atomic E-state index is 6.92. The molecular weight excluding hydrogens is 863 g/mol. The third-order valence-electron chi connectivity index (χ3n) is 5.91. The van der Waals surface area contributed by atoms with Gasteiger partial charge in [0.15, 0.2) is 0 Å². The Morgan fingerprint density at radius 3 is 0.853 bits per heavy atom. The van der Waals surface area contributed by atoms with Crippen molar-refractivity contribution in [2.75, 3.05) is 12.3 Å². The molecule has 0 amide bonds. The zero-order valence-electron chi connectivity index (χ0n) is 18.6. The molecule has 4 aromatic rings. The van der Waals surface area contributed by atoms with Crippen LogP contribution in [0.25, 0.3) is 0 Å². The van der Waals surface area contributed by atoms with E-state index in [0.29, 0.717) is 0 Å². The van der Waals surface area contributed by atoms with Gasteiger partial charge in [-0.05, 0) is 0 Å². The fourth-order valence-corrected chi connectivity index (χ4v) is 27.8. The van der Waals surface area contributed by atoms with Crippen molar-refractivity contribution in [3.05, 3.63) is 121 Å². The summed E-state index contributed by atoms with van der Waals surface area (Å²) in [5.74, 6) is 0. The fraction of sp³-hybridized carbons (Fsp3) is 0.143. The van der Waals surface area contributed by atoms with Gasteiger partial charge in [0, 0.05) is 0 Å². The molecule has 6 heteroatoms. The summed E-state index contributed by atoms with van der Waals surface area (Å²) < 4.78 is -3.13. The Kier molecular flexibility index (Phi) is 10.6. The van der Waals surface area contributed by atoms with Crippen LogP contribution in [-0.4, -0.2) is 12.3 Å². The van der Waals surface area contributed by atoms with E-state index in [1.165, 1.54) is 46.4 Å². The molecule has 0 spiro atoms. The van der Waals surface area contributed by atoms with Crippen molar-refractivity contribution in [1.29, 1.82) is 0 Å². The zero-order chi connectivity index (χ0) is 23.7. The van der Waals surface area contributed by atoms with Crippen LogP contribution < -0.4 is 21.2 Å².